The molecule has 0 aromatic rings. The van der Waals surface area contributed by atoms with Gasteiger partial charge in [0.25, 0.3) is 12.9 Å². The van der Waals surface area contributed by atoms with Crippen molar-refractivity contribution in [2.75, 3.05) is 39.4 Å². The fourth-order valence-corrected chi connectivity index (χ4v) is 3.07. The Bertz CT molecular complexity index is 571. The molecule has 0 atom stereocenters. The summed E-state index contributed by atoms with van der Waals surface area (Å²) in [5.41, 5.74) is 0. The summed E-state index contributed by atoms with van der Waals surface area (Å²) in [5, 5.41) is 0. The molecule has 0 aromatic heterocycles. The molecule has 0 aromatic carbocycles. The fourth-order valence-electron chi connectivity index (χ4n) is 3.07. The lowest BCUT2D eigenvalue weighted by Crippen LogP contribution is -2.27. The maximum absolute atomic E-state index is 11.5. The molecule has 2 amide bonds. The number of carbonyl (C=O) groups is 4. The predicted molar refractivity (Wildman–Crippen MR) is 124 cm³/mol. The van der Waals surface area contributed by atoms with Gasteiger partial charge < -0.3 is 19.3 Å². The Morgan fingerprint density at radius 2 is 1.16 bits per heavy atom. The molecular weight excluding hydrogens is 412 g/mol. The van der Waals surface area contributed by atoms with Gasteiger partial charge in [-0.3, -0.25) is 19.2 Å². The Morgan fingerprint density at radius 3 is 1.56 bits per heavy atom. The van der Waals surface area contributed by atoms with E-state index in [0.717, 1.165) is 51.9 Å². The first kappa shape index (κ1) is 29.1. The molecule has 180 valence electrons. The summed E-state index contributed by atoms with van der Waals surface area (Å²) in [6.07, 6.45) is 14.3. The molecule has 0 unspecified atom stereocenters. The van der Waals surface area contributed by atoms with E-state index in [1.165, 1.54) is 18.9 Å². The SMILES string of the molecule is C=CCCC(=O)N1CCCC1.C=CCOC=O.O=COC/C=C/CCC(=O)N1CCCC1. The molecular formula is C24H38N2O6. The summed E-state index contributed by atoms with van der Waals surface area (Å²) >= 11 is 0. The Kier molecular flexibility index (Phi) is 19.4. The minimum atomic E-state index is 0.230. The molecule has 2 heterocycles. The van der Waals surface area contributed by atoms with E-state index in [-0.39, 0.29) is 5.91 Å². The topological polar surface area (TPSA) is 93.2 Å². The van der Waals surface area contributed by atoms with Crippen LogP contribution < -0.4 is 0 Å². The summed E-state index contributed by atoms with van der Waals surface area (Å²) in [6.45, 7) is 12.1. The smallest absolute Gasteiger partial charge is 0.293 e. The highest BCUT2D eigenvalue weighted by molar-refractivity contribution is 5.76. The molecule has 0 bridgehead atoms. The average Bonchev–Trinajstić information content (AvgIpc) is 3.53. The van der Waals surface area contributed by atoms with Crippen LogP contribution in [0.5, 0.6) is 0 Å². The van der Waals surface area contributed by atoms with E-state index < -0.39 is 0 Å². The van der Waals surface area contributed by atoms with Gasteiger partial charge in [-0.1, -0.05) is 30.9 Å². The van der Waals surface area contributed by atoms with Crippen molar-refractivity contribution in [3.8, 4) is 0 Å². The van der Waals surface area contributed by atoms with Crippen molar-refractivity contribution in [2.24, 2.45) is 0 Å². The first-order valence-corrected chi connectivity index (χ1v) is 11.1. The number of likely N-dealkylation sites (tertiary alicyclic amines) is 2. The predicted octanol–water partition coefficient (Wildman–Crippen LogP) is 3.04. The second kappa shape index (κ2) is 21.3. The zero-order chi connectivity index (χ0) is 23.9. The van der Waals surface area contributed by atoms with Crippen LogP contribution in [0.25, 0.3) is 0 Å². The first-order chi connectivity index (χ1) is 15.6. The molecule has 2 aliphatic heterocycles. The normalized spacial score (nSPS) is 14.5. The van der Waals surface area contributed by atoms with Crippen molar-refractivity contribution in [1.29, 1.82) is 0 Å². The average molecular weight is 451 g/mol. The van der Waals surface area contributed by atoms with Gasteiger partial charge in [0.05, 0.1) is 0 Å². The van der Waals surface area contributed by atoms with Gasteiger partial charge in [0.1, 0.15) is 13.2 Å². The second-order valence-corrected chi connectivity index (χ2v) is 7.16. The van der Waals surface area contributed by atoms with Crippen molar-refractivity contribution in [3.05, 3.63) is 37.5 Å². The van der Waals surface area contributed by atoms with Gasteiger partial charge in [0.2, 0.25) is 11.8 Å². The number of amides is 2. The molecule has 2 saturated heterocycles. The molecule has 0 aliphatic carbocycles. The number of hydrogen-bond acceptors (Lipinski definition) is 6. The van der Waals surface area contributed by atoms with Gasteiger partial charge in [0, 0.05) is 39.0 Å². The van der Waals surface area contributed by atoms with Crippen LogP contribution in [0.2, 0.25) is 0 Å². The number of nitrogens with zero attached hydrogens (tertiary/aromatic N) is 2. The van der Waals surface area contributed by atoms with E-state index in [2.05, 4.69) is 22.6 Å². The highest BCUT2D eigenvalue weighted by Crippen LogP contribution is 2.10. The minimum absolute atomic E-state index is 0.230. The van der Waals surface area contributed by atoms with Crippen molar-refractivity contribution < 1.29 is 28.7 Å². The van der Waals surface area contributed by atoms with Gasteiger partial charge in [-0.05, 0) is 38.5 Å². The lowest BCUT2D eigenvalue weighted by molar-refractivity contribution is -0.130. The maximum atomic E-state index is 11.5. The number of hydrogen-bond donors (Lipinski definition) is 0. The Labute approximate surface area is 191 Å². The molecule has 0 radical (unpaired) electrons. The van der Waals surface area contributed by atoms with Crippen LogP contribution >= 0.6 is 0 Å². The van der Waals surface area contributed by atoms with Crippen LogP contribution in [0.1, 0.15) is 51.4 Å². The zero-order valence-corrected chi connectivity index (χ0v) is 19.1. The third-order valence-electron chi connectivity index (χ3n) is 4.71. The van der Waals surface area contributed by atoms with Gasteiger partial charge in [-0.25, -0.2) is 0 Å². The van der Waals surface area contributed by atoms with E-state index >= 15 is 0 Å². The minimum Gasteiger partial charge on any atom is -0.464 e. The van der Waals surface area contributed by atoms with Gasteiger partial charge in [0.15, 0.2) is 0 Å². The van der Waals surface area contributed by atoms with E-state index in [1.807, 2.05) is 15.9 Å². The summed E-state index contributed by atoms with van der Waals surface area (Å²) in [6, 6.07) is 0. The molecule has 0 saturated carbocycles. The molecule has 0 N–H and O–H groups in total. The van der Waals surface area contributed by atoms with Crippen LogP contribution in [0.4, 0.5) is 0 Å². The van der Waals surface area contributed by atoms with Crippen molar-refractivity contribution >= 4 is 24.8 Å². The second-order valence-electron chi connectivity index (χ2n) is 7.16. The molecule has 2 aliphatic rings. The summed E-state index contributed by atoms with van der Waals surface area (Å²) in [7, 11) is 0. The van der Waals surface area contributed by atoms with Crippen LogP contribution in [0.3, 0.4) is 0 Å². The van der Waals surface area contributed by atoms with Crippen LogP contribution in [-0.2, 0) is 28.7 Å². The molecule has 8 heteroatoms. The van der Waals surface area contributed by atoms with E-state index in [1.54, 1.807) is 12.2 Å². The lowest BCUT2D eigenvalue weighted by atomic mass is 10.2. The molecule has 0 spiro atoms. The fraction of sp³-hybridized carbons (Fsp3) is 0.583. The van der Waals surface area contributed by atoms with Crippen molar-refractivity contribution in [2.45, 2.75) is 51.4 Å². The van der Waals surface area contributed by atoms with Crippen molar-refractivity contribution in [3.63, 3.8) is 0 Å². The van der Waals surface area contributed by atoms with Crippen LogP contribution in [0, 0.1) is 0 Å². The van der Waals surface area contributed by atoms with Gasteiger partial charge in [-0.2, -0.15) is 0 Å². The number of rotatable bonds is 12. The quantitative estimate of drug-likeness (QED) is 0.258. The van der Waals surface area contributed by atoms with E-state index in [4.69, 9.17) is 0 Å². The third kappa shape index (κ3) is 15.9. The van der Waals surface area contributed by atoms with Gasteiger partial charge in [-0.15, -0.1) is 6.58 Å². The standard InChI is InChI=1S/C11H17NO3.C9H15NO.C4H6O2/c13-10-15-9-5-1-2-6-11(14)12-7-3-4-8-12;1-2-3-6-9(11)10-7-4-5-8-10;1-2-3-6-4-5/h1,5,10H,2-4,6-9H2;2H,1,3-8H2;2,4H,1,3H2/b5-1+;;. The summed E-state index contributed by atoms with van der Waals surface area (Å²) in [5.74, 6) is 0.524. The molecule has 8 nitrogen and oxygen atoms in total. The van der Waals surface area contributed by atoms with Crippen LogP contribution in [-0.4, -0.2) is 74.0 Å². The zero-order valence-electron chi connectivity index (χ0n) is 19.1. The lowest BCUT2D eigenvalue weighted by Gasteiger charge is -2.13. The van der Waals surface area contributed by atoms with E-state index in [0.29, 0.717) is 44.9 Å². The number of ether oxygens (including phenoxy) is 2. The first-order valence-electron chi connectivity index (χ1n) is 11.1. The Morgan fingerprint density at radius 1 is 0.688 bits per heavy atom. The molecule has 2 rings (SSSR count). The number of allylic oxidation sites excluding steroid dienone is 2. The van der Waals surface area contributed by atoms with Crippen molar-refractivity contribution in [1.82, 2.24) is 9.80 Å². The van der Waals surface area contributed by atoms with Gasteiger partial charge >= 0.3 is 0 Å². The maximum Gasteiger partial charge on any atom is 0.293 e. The highest BCUT2D eigenvalue weighted by atomic mass is 16.5. The Balaban J connectivity index is 0.000000496. The number of carbonyl (C=O) groups excluding carboxylic acids is 4. The Hall–Kier alpha value is -2.90. The molecule has 32 heavy (non-hydrogen) atoms. The highest BCUT2D eigenvalue weighted by Gasteiger charge is 2.17. The molecule has 2 fully saturated rings. The summed E-state index contributed by atoms with van der Waals surface area (Å²) in [4.78, 5) is 45.8. The summed E-state index contributed by atoms with van der Waals surface area (Å²) < 4.78 is 8.66. The van der Waals surface area contributed by atoms with E-state index in [9.17, 15) is 19.2 Å². The third-order valence-corrected chi connectivity index (χ3v) is 4.71. The monoisotopic (exact) mass is 450 g/mol. The van der Waals surface area contributed by atoms with Crippen LogP contribution in [0.15, 0.2) is 37.5 Å². The largest absolute Gasteiger partial charge is 0.464 e.